The molecular weight excluding hydrogens is 350 g/mol. The first-order valence-electron chi connectivity index (χ1n) is 7.13. The van der Waals surface area contributed by atoms with Crippen LogP contribution in [0.4, 0.5) is 5.69 Å². The molecule has 2 aromatic rings. The predicted molar refractivity (Wildman–Crippen MR) is 86.1 cm³/mol. The summed E-state index contributed by atoms with van der Waals surface area (Å²) in [7, 11) is 0. The summed E-state index contributed by atoms with van der Waals surface area (Å²) in [6.07, 6.45) is 2.53. The normalized spacial score (nSPS) is 13.7. The molecule has 2 heterocycles. The molecule has 7 heteroatoms. The highest BCUT2D eigenvalue weighted by Crippen LogP contribution is 2.22. The maximum atomic E-state index is 12.2. The maximum Gasteiger partial charge on any atom is 0.331 e. The SMILES string of the molecule is O=C(Cn1c(O)c2n(c1=O)CCCC2)Nc1ccc(Br)cc1. The van der Waals surface area contributed by atoms with E-state index < -0.39 is 0 Å². The van der Waals surface area contributed by atoms with Gasteiger partial charge in [-0.05, 0) is 43.5 Å². The fourth-order valence-corrected chi connectivity index (χ4v) is 2.95. The Bertz CT molecular complexity index is 762. The monoisotopic (exact) mass is 365 g/mol. The van der Waals surface area contributed by atoms with Gasteiger partial charge in [0.15, 0.2) is 0 Å². The van der Waals surface area contributed by atoms with Crippen molar-refractivity contribution < 1.29 is 9.90 Å². The van der Waals surface area contributed by atoms with Crippen molar-refractivity contribution in [2.75, 3.05) is 5.32 Å². The average Bonchev–Trinajstić information content (AvgIpc) is 2.75. The van der Waals surface area contributed by atoms with E-state index in [9.17, 15) is 14.7 Å². The first kappa shape index (κ1) is 14.9. The van der Waals surface area contributed by atoms with Gasteiger partial charge >= 0.3 is 5.69 Å². The molecule has 0 atom stereocenters. The van der Waals surface area contributed by atoms with Crippen molar-refractivity contribution >= 4 is 27.5 Å². The van der Waals surface area contributed by atoms with Crippen molar-refractivity contribution in [1.29, 1.82) is 0 Å². The predicted octanol–water partition coefficient (Wildman–Crippen LogP) is 2.09. The van der Waals surface area contributed by atoms with Gasteiger partial charge in [0.1, 0.15) is 6.54 Å². The lowest BCUT2D eigenvalue weighted by Crippen LogP contribution is -2.30. The van der Waals surface area contributed by atoms with Crippen molar-refractivity contribution in [2.45, 2.75) is 32.4 Å². The molecule has 0 spiro atoms. The number of rotatable bonds is 3. The molecule has 22 heavy (non-hydrogen) atoms. The second kappa shape index (κ2) is 6.00. The highest BCUT2D eigenvalue weighted by atomic mass is 79.9. The molecule has 0 aliphatic carbocycles. The lowest BCUT2D eigenvalue weighted by molar-refractivity contribution is -0.116. The fourth-order valence-electron chi connectivity index (χ4n) is 2.69. The molecule has 1 aliphatic heterocycles. The average molecular weight is 366 g/mol. The Morgan fingerprint density at radius 3 is 2.68 bits per heavy atom. The van der Waals surface area contributed by atoms with Crippen LogP contribution in [0.5, 0.6) is 5.88 Å². The molecule has 0 bridgehead atoms. The summed E-state index contributed by atoms with van der Waals surface area (Å²) < 4.78 is 3.61. The zero-order chi connectivity index (χ0) is 15.7. The van der Waals surface area contributed by atoms with E-state index in [4.69, 9.17) is 0 Å². The van der Waals surface area contributed by atoms with Crippen molar-refractivity contribution in [3.05, 3.63) is 44.9 Å². The zero-order valence-electron chi connectivity index (χ0n) is 11.9. The molecule has 116 valence electrons. The number of nitrogens with zero attached hydrogens (tertiary/aromatic N) is 2. The van der Waals surface area contributed by atoms with Crippen LogP contribution in [0.2, 0.25) is 0 Å². The number of hydrogen-bond donors (Lipinski definition) is 2. The van der Waals surface area contributed by atoms with Crippen molar-refractivity contribution in [3.63, 3.8) is 0 Å². The summed E-state index contributed by atoms with van der Waals surface area (Å²) in [5.74, 6) is -0.432. The van der Waals surface area contributed by atoms with Crippen molar-refractivity contribution in [2.24, 2.45) is 0 Å². The van der Waals surface area contributed by atoms with Crippen LogP contribution in [0.25, 0.3) is 0 Å². The third-order valence-electron chi connectivity index (χ3n) is 3.78. The highest BCUT2D eigenvalue weighted by Gasteiger charge is 2.22. The zero-order valence-corrected chi connectivity index (χ0v) is 13.5. The molecule has 1 aromatic carbocycles. The van der Waals surface area contributed by atoms with Gasteiger partial charge in [-0.3, -0.25) is 13.9 Å². The van der Waals surface area contributed by atoms with E-state index in [1.165, 1.54) is 0 Å². The maximum absolute atomic E-state index is 12.2. The van der Waals surface area contributed by atoms with E-state index in [0.717, 1.165) is 21.9 Å². The number of fused-ring (bicyclic) bond motifs is 1. The quantitative estimate of drug-likeness (QED) is 0.874. The summed E-state index contributed by atoms with van der Waals surface area (Å²) >= 11 is 3.32. The molecule has 0 fully saturated rings. The van der Waals surface area contributed by atoms with E-state index in [2.05, 4.69) is 21.2 Å². The van der Waals surface area contributed by atoms with E-state index in [1.807, 2.05) is 12.1 Å². The van der Waals surface area contributed by atoms with Crippen LogP contribution >= 0.6 is 15.9 Å². The Hall–Kier alpha value is -2.02. The van der Waals surface area contributed by atoms with Crippen LogP contribution in [0.1, 0.15) is 18.5 Å². The van der Waals surface area contributed by atoms with Gasteiger partial charge in [-0.15, -0.1) is 0 Å². The number of aromatic nitrogens is 2. The minimum atomic E-state index is -0.345. The van der Waals surface area contributed by atoms with E-state index in [0.29, 0.717) is 24.3 Å². The van der Waals surface area contributed by atoms with Gasteiger partial charge in [-0.25, -0.2) is 4.79 Å². The number of halogens is 1. The molecule has 3 rings (SSSR count). The summed E-state index contributed by atoms with van der Waals surface area (Å²) in [6.45, 7) is 0.407. The lowest BCUT2D eigenvalue weighted by atomic mass is 10.1. The highest BCUT2D eigenvalue weighted by molar-refractivity contribution is 9.10. The van der Waals surface area contributed by atoms with Gasteiger partial charge in [0.05, 0.1) is 5.69 Å². The van der Waals surface area contributed by atoms with Crippen molar-refractivity contribution in [1.82, 2.24) is 9.13 Å². The molecule has 6 nitrogen and oxygen atoms in total. The van der Waals surface area contributed by atoms with Crippen molar-refractivity contribution in [3.8, 4) is 5.88 Å². The molecule has 1 aliphatic rings. The number of aromatic hydroxyl groups is 1. The molecule has 0 unspecified atom stereocenters. The first-order chi connectivity index (χ1) is 10.6. The number of amides is 1. The van der Waals surface area contributed by atoms with Gasteiger partial charge in [0, 0.05) is 16.7 Å². The Morgan fingerprint density at radius 2 is 2.00 bits per heavy atom. The molecule has 1 aromatic heterocycles. The van der Waals surface area contributed by atoms with Gasteiger partial charge in [-0.1, -0.05) is 15.9 Å². The Kier molecular flexibility index (Phi) is 4.06. The summed E-state index contributed by atoms with van der Waals surface area (Å²) in [4.78, 5) is 24.3. The standard InChI is InChI=1S/C15H16BrN3O3/c16-10-4-6-11(7-5-10)17-13(20)9-19-14(21)12-3-1-2-8-18(12)15(19)22/h4-7,21H,1-3,8-9H2,(H,17,20). The Morgan fingerprint density at radius 1 is 1.27 bits per heavy atom. The number of anilines is 1. The third kappa shape index (κ3) is 2.81. The summed E-state index contributed by atoms with van der Waals surface area (Å²) in [6, 6.07) is 7.15. The van der Waals surface area contributed by atoms with Gasteiger partial charge < -0.3 is 10.4 Å². The molecule has 0 radical (unpaired) electrons. The van der Waals surface area contributed by atoms with Gasteiger partial charge in [-0.2, -0.15) is 0 Å². The summed E-state index contributed by atoms with van der Waals surface area (Å²) in [5, 5.41) is 12.9. The number of nitrogens with one attached hydrogen (secondary N) is 1. The largest absolute Gasteiger partial charge is 0.493 e. The second-order valence-electron chi connectivity index (χ2n) is 5.30. The molecular formula is C15H16BrN3O3. The number of benzene rings is 1. The fraction of sp³-hybridized carbons (Fsp3) is 0.333. The van der Waals surface area contributed by atoms with Crippen LogP contribution in [-0.2, 0) is 24.3 Å². The molecule has 0 saturated carbocycles. The second-order valence-corrected chi connectivity index (χ2v) is 6.22. The number of hydrogen-bond acceptors (Lipinski definition) is 3. The number of carbonyl (C=O) groups excluding carboxylic acids is 1. The lowest BCUT2D eigenvalue weighted by Gasteiger charge is -2.11. The van der Waals surface area contributed by atoms with Crippen LogP contribution in [0.3, 0.4) is 0 Å². The van der Waals surface area contributed by atoms with E-state index >= 15 is 0 Å². The van der Waals surface area contributed by atoms with Crippen LogP contribution < -0.4 is 11.0 Å². The first-order valence-corrected chi connectivity index (χ1v) is 7.92. The van der Waals surface area contributed by atoms with Crippen LogP contribution in [-0.4, -0.2) is 20.1 Å². The number of carbonyl (C=O) groups is 1. The third-order valence-corrected chi connectivity index (χ3v) is 4.31. The smallest absolute Gasteiger partial charge is 0.331 e. The van der Waals surface area contributed by atoms with E-state index in [1.54, 1.807) is 16.7 Å². The van der Waals surface area contributed by atoms with Crippen LogP contribution in [0.15, 0.2) is 33.5 Å². The number of imidazole rings is 1. The Labute approximate surface area is 135 Å². The van der Waals surface area contributed by atoms with Gasteiger partial charge in [0.25, 0.3) is 0 Å². The van der Waals surface area contributed by atoms with Gasteiger partial charge in [0.2, 0.25) is 11.8 Å². The topological polar surface area (TPSA) is 76.3 Å². The minimum absolute atomic E-state index is 0.0874. The van der Waals surface area contributed by atoms with E-state index in [-0.39, 0.29) is 24.0 Å². The molecule has 2 N–H and O–H groups in total. The van der Waals surface area contributed by atoms with Crippen LogP contribution in [0, 0.1) is 0 Å². The minimum Gasteiger partial charge on any atom is -0.493 e. The Balaban J connectivity index is 1.78. The summed E-state index contributed by atoms with van der Waals surface area (Å²) in [5.41, 5.74) is 0.954. The molecule has 0 saturated heterocycles. The molecule has 1 amide bonds.